The van der Waals surface area contributed by atoms with Gasteiger partial charge in [-0.15, -0.1) is 0 Å². The smallest absolute Gasteiger partial charge is 0.335 e. The number of methoxy groups -OCH3 is 1. The van der Waals surface area contributed by atoms with E-state index in [4.69, 9.17) is 9.47 Å². The zero-order valence-electron chi connectivity index (χ0n) is 20.3. The predicted octanol–water partition coefficient (Wildman–Crippen LogP) is 4.47. The summed E-state index contributed by atoms with van der Waals surface area (Å²) in [5, 5.41) is 13.1. The Labute approximate surface area is 212 Å². The molecule has 37 heavy (non-hydrogen) atoms. The van der Waals surface area contributed by atoms with Crippen molar-refractivity contribution in [1.29, 1.82) is 0 Å². The minimum Gasteiger partial charge on any atom is -0.497 e. The number of rotatable bonds is 7. The minimum atomic E-state index is -0.834. The van der Waals surface area contributed by atoms with Crippen LogP contribution in [0.3, 0.4) is 0 Å². The molecule has 1 aliphatic heterocycles. The number of nitro groups is 1. The molecule has 0 radical (unpaired) electrons. The van der Waals surface area contributed by atoms with Gasteiger partial charge in [0.1, 0.15) is 23.7 Å². The predicted molar refractivity (Wildman–Crippen MR) is 135 cm³/mol. The van der Waals surface area contributed by atoms with Crippen molar-refractivity contribution in [1.82, 2.24) is 5.32 Å². The molecule has 1 fully saturated rings. The Bertz CT molecular complexity index is 1440. The Hall–Kier alpha value is -4.99. The summed E-state index contributed by atoms with van der Waals surface area (Å²) in [4.78, 5) is 49.8. The molecule has 3 aromatic carbocycles. The maximum Gasteiger partial charge on any atom is 0.335 e. The molecule has 10 nitrogen and oxygen atoms in total. The van der Waals surface area contributed by atoms with Gasteiger partial charge in [-0.25, -0.2) is 9.69 Å². The number of nitrogens with one attached hydrogen (secondary N) is 1. The Morgan fingerprint density at radius 3 is 2.35 bits per heavy atom. The topological polar surface area (TPSA) is 128 Å². The Balaban J connectivity index is 1.66. The van der Waals surface area contributed by atoms with Crippen LogP contribution in [-0.4, -0.2) is 29.9 Å². The summed E-state index contributed by atoms with van der Waals surface area (Å²) in [7, 11) is 1.48. The van der Waals surface area contributed by atoms with Crippen LogP contribution >= 0.6 is 0 Å². The molecule has 4 amide bonds. The third-order valence-electron chi connectivity index (χ3n) is 5.91. The second kappa shape index (κ2) is 10.3. The van der Waals surface area contributed by atoms with Crippen molar-refractivity contribution in [3.8, 4) is 11.5 Å². The molecule has 0 aromatic heterocycles. The van der Waals surface area contributed by atoms with E-state index in [1.165, 1.54) is 25.3 Å². The van der Waals surface area contributed by atoms with Crippen LogP contribution in [-0.2, 0) is 16.2 Å². The number of non-ortho nitro benzene ring substituents is 1. The van der Waals surface area contributed by atoms with Gasteiger partial charge in [-0.2, -0.15) is 0 Å². The number of anilines is 1. The monoisotopic (exact) mass is 501 g/mol. The summed E-state index contributed by atoms with van der Waals surface area (Å²) in [5.41, 5.74) is 3.00. The first kappa shape index (κ1) is 25.1. The van der Waals surface area contributed by atoms with E-state index < -0.39 is 22.8 Å². The molecule has 0 unspecified atom stereocenters. The van der Waals surface area contributed by atoms with E-state index in [0.717, 1.165) is 16.0 Å². The van der Waals surface area contributed by atoms with Crippen molar-refractivity contribution >= 4 is 35.3 Å². The highest BCUT2D eigenvalue weighted by Crippen LogP contribution is 2.30. The SMILES string of the molecule is COc1ccc(/C=C2\C(=O)NC(=O)N(c3ccc(C)c(C)c3)C2=O)c(OCc2ccc([N+](=O)[O-])cc2)c1. The number of carbonyl (C=O) groups is 3. The van der Waals surface area contributed by atoms with Crippen molar-refractivity contribution < 1.29 is 28.8 Å². The number of nitro benzene ring substituents is 1. The maximum absolute atomic E-state index is 13.3. The third-order valence-corrected chi connectivity index (χ3v) is 5.91. The lowest BCUT2D eigenvalue weighted by Gasteiger charge is -2.27. The molecule has 1 N–H and O–H groups in total. The molecule has 188 valence electrons. The van der Waals surface area contributed by atoms with Gasteiger partial charge in [-0.05, 0) is 73.0 Å². The highest BCUT2D eigenvalue weighted by atomic mass is 16.6. The second-order valence-electron chi connectivity index (χ2n) is 8.34. The molecule has 1 aliphatic rings. The number of carbonyl (C=O) groups excluding carboxylic acids is 3. The van der Waals surface area contributed by atoms with Crippen LogP contribution in [0.25, 0.3) is 6.08 Å². The van der Waals surface area contributed by atoms with E-state index in [2.05, 4.69) is 5.32 Å². The fraction of sp³-hybridized carbons (Fsp3) is 0.148. The highest BCUT2D eigenvalue weighted by molar-refractivity contribution is 6.39. The highest BCUT2D eigenvalue weighted by Gasteiger charge is 2.37. The van der Waals surface area contributed by atoms with Crippen LogP contribution in [0.2, 0.25) is 0 Å². The quantitative estimate of drug-likeness (QED) is 0.219. The Kier molecular flexibility index (Phi) is 7.01. The molecular formula is C27H23N3O7. The lowest BCUT2D eigenvalue weighted by Crippen LogP contribution is -2.54. The fourth-order valence-corrected chi connectivity index (χ4v) is 3.67. The molecule has 0 saturated carbocycles. The molecule has 0 atom stereocenters. The van der Waals surface area contributed by atoms with E-state index in [1.807, 2.05) is 13.8 Å². The molecule has 0 bridgehead atoms. The molecule has 1 saturated heterocycles. The first-order chi connectivity index (χ1) is 17.7. The van der Waals surface area contributed by atoms with Crippen LogP contribution in [0.5, 0.6) is 11.5 Å². The number of hydrogen-bond acceptors (Lipinski definition) is 7. The molecule has 10 heteroatoms. The van der Waals surface area contributed by atoms with Gasteiger partial charge >= 0.3 is 6.03 Å². The molecule has 1 heterocycles. The summed E-state index contributed by atoms with van der Waals surface area (Å²) in [6, 6.07) is 15.0. The van der Waals surface area contributed by atoms with Crippen LogP contribution in [0.15, 0.2) is 66.2 Å². The largest absolute Gasteiger partial charge is 0.497 e. The van der Waals surface area contributed by atoms with Crippen LogP contribution < -0.4 is 19.7 Å². The number of urea groups is 1. The molecule has 3 aromatic rings. The molecule has 0 aliphatic carbocycles. The van der Waals surface area contributed by atoms with E-state index in [1.54, 1.807) is 48.5 Å². The van der Waals surface area contributed by atoms with Crippen molar-refractivity contribution in [3.63, 3.8) is 0 Å². The number of ether oxygens (including phenoxy) is 2. The van der Waals surface area contributed by atoms with Crippen LogP contribution in [0, 0.1) is 24.0 Å². The number of amides is 4. The average molecular weight is 501 g/mol. The molecule has 4 rings (SSSR count). The van der Waals surface area contributed by atoms with Crippen molar-refractivity contribution in [2.75, 3.05) is 12.0 Å². The zero-order valence-corrected chi connectivity index (χ0v) is 20.3. The van der Waals surface area contributed by atoms with Crippen molar-refractivity contribution in [2.24, 2.45) is 0 Å². The lowest BCUT2D eigenvalue weighted by molar-refractivity contribution is -0.384. The molecule has 0 spiro atoms. The summed E-state index contributed by atoms with van der Waals surface area (Å²) in [6.07, 6.45) is 1.35. The lowest BCUT2D eigenvalue weighted by atomic mass is 10.0. The average Bonchev–Trinajstić information content (AvgIpc) is 2.87. The summed E-state index contributed by atoms with van der Waals surface area (Å²) >= 11 is 0. The molecular weight excluding hydrogens is 478 g/mol. The third kappa shape index (κ3) is 5.32. The van der Waals surface area contributed by atoms with Crippen LogP contribution in [0.4, 0.5) is 16.2 Å². The summed E-state index contributed by atoms with van der Waals surface area (Å²) in [6.45, 7) is 3.83. The minimum absolute atomic E-state index is 0.0414. The van der Waals surface area contributed by atoms with Gasteiger partial charge in [0.05, 0.1) is 17.7 Å². The number of barbiturate groups is 1. The second-order valence-corrected chi connectivity index (χ2v) is 8.34. The normalized spacial score (nSPS) is 14.5. The number of benzene rings is 3. The first-order valence-corrected chi connectivity index (χ1v) is 11.2. The van der Waals surface area contributed by atoms with Crippen molar-refractivity contribution in [2.45, 2.75) is 20.5 Å². The number of nitrogens with zero attached hydrogens (tertiary/aromatic N) is 2. The van der Waals surface area contributed by atoms with Gasteiger partial charge in [0.25, 0.3) is 17.5 Å². The van der Waals surface area contributed by atoms with Crippen molar-refractivity contribution in [3.05, 3.63) is 98.6 Å². The van der Waals surface area contributed by atoms with Gasteiger partial charge < -0.3 is 9.47 Å². The Morgan fingerprint density at radius 1 is 0.973 bits per heavy atom. The maximum atomic E-state index is 13.3. The first-order valence-electron chi connectivity index (χ1n) is 11.2. The number of imide groups is 2. The zero-order chi connectivity index (χ0) is 26.7. The van der Waals surface area contributed by atoms with E-state index in [9.17, 15) is 24.5 Å². The number of hydrogen-bond donors (Lipinski definition) is 1. The summed E-state index contributed by atoms with van der Waals surface area (Å²) in [5.74, 6) is -0.811. The standard InChI is InChI=1S/C27H23N3O7/c1-16-4-8-21(12-17(16)2)29-26(32)23(25(31)28-27(29)33)13-19-7-11-22(36-3)14-24(19)37-15-18-5-9-20(10-6-18)30(34)35/h4-14H,15H2,1-3H3,(H,28,31,33)/b23-13+. The number of aryl methyl sites for hydroxylation is 2. The Morgan fingerprint density at radius 2 is 1.70 bits per heavy atom. The fourth-order valence-electron chi connectivity index (χ4n) is 3.67. The summed E-state index contributed by atoms with van der Waals surface area (Å²) < 4.78 is 11.2. The van der Waals surface area contributed by atoms with Gasteiger partial charge in [-0.3, -0.25) is 25.0 Å². The van der Waals surface area contributed by atoms with E-state index >= 15 is 0 Å². The van der Waals surface area contributed by atoms with E-state index in [0.29, 0.717) is 28.3 Å². The van der Waals surface area contributed by atoms with Gasteiger partial charge in [0.15, 0.2) is 0 Å². The van der Waals surface area contributed by atoms with Gasteiger partial charge in [-0.1, -0.05) is 6.07 Å². The van der Waals surface area contributed by atoms with Gasteiger partial charge in [0.2, 0.25) is 0 Å². The van der Waals surface area contributed by atoms with Gasteiger partial charge in [0, 0.05) is 23.8 Å². The van der Waals surface area contributed by atoms with E-state index in [-0.39, 0.29) is 17.9 Å². The van der Waals surface area contributed by atoms with Crippen LogP contribution in [0.1, 0.15) is 22.3 Å².